The Labute approximate surface area is 116 Å². The molecule has 0 fully saturated rings. The molecule has 0 aliphatic rings. The number of rotatable bonds is 3. The second-order valence-electron chi connectivity index (χ2n) is 3.38. The molecule has 0 aliphatic heterocycles. The summed E-state index contributed by atoms with van der Waals surface area (Å²) in [6.07, 6.45) is 0. The molecule has 0 unspecified atom stereocenters. The number of nitro groups is 1. The number of nitrogens with two attached hydrogens (primary N) is 1. The number of aromatic nitrogens is 1. The van der Waals surface area contributed by atoms with Crippen LogP contribution in [0.4, 0.5) is 11.5 Å². The third kappa shape index (κ3) is 2.99. The summed E-state index contributed by atoms with van der Waals surface area (Å²) in [5.41, 5.74) is 5.51. The van der Waals surface area contributed by atoms with Gasteiger partial charge in [-0.25, -0.2) is 4.98 Å². The Morgan fingerprint density at radius 3 is 2.78 bits per heavy atom. The predicted octanol–water partition coefficient (Wildman–Crippen LogP) is 3.49. The zero-order valence-electron chi connectivity index (χ0n) is 9.04. The van der Waals surface area contributed by atoms with Gasteiger partial charge in [-0.3, -0.25) is 10.1 Å². The van der Waals surface area contributed by atoms with Crippen LogP contribution < -0.4 is 5.73 Å². The van der Waals surface area contributed by atoms with Gasteiger partial charge in [-0.2, -0.15) is 0 Å². The third-order valence-electron chi connectivity index (χ3n) is 2.07. The Kier molecular flexibility index (Phi) is 3.83. The summed E-state index contributed by atoms with van der Waals surface area (Å²) in [6.45, 7) is 0. The van der Waals surface area contributed by atoms with E-state index in [0.29, 0.717) is 0 Å². The highest BCUT2D eigenvalue weighted by atomic mass is 79.9. The normalized spacial score (nSPS) is 10.3. The molecule has 0 spiro atoms. The van der Waals surface area contributed by atoms with E-state index in [9.17, 15) is 10.1 Å². The molecule has 5 nitrogen and oxygen atoms in total. The van der Waals surface area contributed by atoms with Crippen molar-refractivity contribution in [3.8, 4) is 0 Å². The molecule has 2 aromatic rings. The van der Waals surface area contributed by atoms with Crippen LogP contribution in [-0.4, -0.2) is 9.91 Å². The smallest absolute Gasteiger partial charge is 0.301 e. The van der Waals surface area contributed by atoms with Crippen LogP contribution in [0.15, 0.2) is 50.8 Å². The van der Waals surface area contributed by atoms with E-state index in [1.54, 1.807) is 0 Å². The van der Waals surface area contributed by atoms with Crippen LogP contribution in [-0.2, 0) is 0 Å². The SMILES string of the molecule is Nc1ccc([N+](=O)[O-])c(Sc2cccc(Br)c2)n1. The van der Waals surface area contributed by atoms with E-state index >= 15 is 0 Å². The summed E-state index contributed by atoms with van der Waals surface area (Å²) in [5.74, 6) is 0.262. The maximum atomic E-state index is 10.9. The molecule has 0 amide bonds. The second-order valence-corrected chi connectivity index (χ2v) is 5.35. The molecule has 0 saturated heterocycles. The maximum absolute atomic E-state index is 10.9. The molecule has 0 bridgehead atoms. The van der Waals surface area contributed by atoms with Crippen LogP contribution in [0.3, 0.4) is 0 Å². The van der Waals surface area contributed by atoms with Crippen LogP contribution >= 0.6 is 27.7 Å². The van der Waals surface area contributed by atoms with E-state index in [-0.39, 0.29) is 16.5 Å². The fraction of sp³-hybridized carbons (Fsp3) is 0. The average molecular weight is 326 g/mol. The standard InChI is InChI=1S/C11H8BrN3O2S/c12-7-2-1-3-8(6-7)18-11-9(15(16)17)4-5-10(13)14-11/h1-6H,(H2,13,14). The van der Waals surface area contributed by atoms with Gasteiger partial charge in [0.1, 0.15) is 5.82 Å². The molecular formula is C11H8BrN3O2S. The van der Waals surface area contributed by atoms with Gasteiger partial charge >= 0.3 is 5.69 Å². The lowest BCUT2D eigenvalue weighted by molar-refractivity contribution is -0.388. The quantitative estimate of drug-likeness (QED) is 0.690. The topological polar surface area (TPSA) is 82.0 Å². The van der Waals surface area contributed by atoms with Crippen LogP contribution in [0.2, 0.25) is 0 Å². The lowest BCUT2D eigenvalue weighted by Gasteiger charge is -2.03. The van der Waals surface area contributed by atoms with Crippen molar-refractivity contribution in [3.05, 3.63) is 51.0 Å². The first kappa shape index (κ1) is 12.8. The van der Waals surface area contributed by atoms with Gasteiger partial charge in [0.15, 0.2) is 5.03 Å². The highest BCUT2D eigenvalue weighted by molar-refractivity contribution is 9.10. The number of nitrogen functional groups attached to an aromatic ring is 1. The van der Waals surface area contributed by atoms with E-state index < -0.39 is 4.92 Å². The van der Waals surface area contributed by atoms with Crippen molar-refractivity contribution in [3.63, 3.8) is 0 Å². The van der Waals surface area contributed by atoms with E-state index in [1.165, 1.54) is 23.9 Å². The zero-order valence-corrected chi connectivity index (χ0v) is 11.4. The fourth-order valence-electron chi connectivity index (χ4n) is 1.30. The Hall–Kier alpha value is -1.60. The van der Waals surface area contributed by atoms with Gasteiger partial charge in [0, 0.05) is 15.4 Å². The van der Waals surface area contributed by atoms with E-state index in [1.807, 2.05) is 24.3 Å². The van der Waals surface area contributed by atoms with Crippen molar-refractivity contribution in [1.82, 2.24) is 4.98 Å². The second kappa shape index (κ2) is 5.36. The van der Waals surface area contributed by atoms with Gasteiger partial charge in [-0.15, -0.1) is 0 Å². The number of hydrogen-bond acceptors (Lipinski definition) is 5. The van der Waals surface area contributed by atoms with E-state index in [4.69, 9.17) is 5.73 Å². The highest BCUT2D eigenvalue weighted by Crippen LogP contribution is 2.34. The Morgan fingerprint density at radius 1 is 1.33 bits per heavy atom. The first-order valence-electron chi connectivity index (χ1n) is 4.90. The van der Waals surface area contributed by atoms with E-state index in [2.05, 4.69) is 20.9 Å². The van der Waals surface area contributed by atoms with Crippen molar-refractivity contribution >= 4 is 39.2 Å². The minimum atomic E-state index is -0.466. The van der Waals surface area contributed by atoms with Gasteiger partial charge in [0.05, 0.1) is 4.92 Å². The molecule has 1 heterocycles. The van der Waals surface area contributed by atoms with Crippen LogP contribution in [0.1, 0.15) is 0 Å². The number of halogens is 1. The van der Waals surface area contributed by atoms with Gasteiger partial charge < -0.3 is 5.73 Å². The average Bonchev–Trinajstić information content (AvgIpc) is 2.28. The first-order chi connectivity index (χ1) is 8.56. The van der Waals surface area contributed by atoms with E-state index in [0.717, 1.165) is 9.37 Å². The lowest BCUT2D eigenvalue weighted by Crippen LogP contribution is -1.97. The van der Waals surface area contributed by atoms with Gasteiger partial charge in [-0.1, -0.05) is 33.8 Å². The van der Waals surface area contributed by atoms with Crippen molar-refractivity contribution in [1.29, 1.82) is 0 Å². The number of hydrogen-bond donors (Lipinski definition) is 1. The molecule has 0 aliphatic carbocycles. The number of benzene rings is 1. The fourth-order valence-corrected chi connectivity index (χ4v) is 2.81. The molecule has 0 saturated carbocycles. The molecular weight excluding hydrogens is 318 g/mol. The first-order valence-corrected chi connectivity index (χ1v) is 6.51. The summed E-state index contributed by atoms with van der Waals surface area (Å²) >= 11 is 4.55. The molecule has 1 aromatic carbocycles. The van der Waals surface area contributed by atoms with Crippen molar-refractivity contribution < 1.29 is 4.92 Å². The summed E-state index contributed by atoms with van der Waals surface area (Å²) in [7, 11) is 0. The minimum absolute atomic E-state index is 0.0471. The largest absolute Gasteiger partial charge is 0.384 e. The van der Waals surface area contributed by atoms with Crippen LogP contribution in [0.25, 0.3) is 0 Å². The Morgan fingerprint density at radius 2 is 2.11 bits per heavy atom. The van der Waals surface area contributed by atoms with Crippen LogP contribution in [0.5, 0.6) is 0 Å². The molecule has 1 aromatic heterocycles. The van der Waals surface area contributed by atoms with Crippen LogP contribution in [0, 0.1) is 10.1 Å². The number of pyridine rings is 1. The molecule has 2 N–H and O–H groups in total. The van der Waals surface area contributed by atoms with Gasteiger partial charge in [-0.05, 0) is 24.3 Å². The minimum Gasteiger partial charge on any atom is -0.384 e. The predicted molar refractivity (Wildman–Crippen MR) is 73.6 cm³/mol. The number of nitrogens with zero attached hydrogens (tertiary/aromatic N) is 2. The molecule has 2 rings (SSSR count). The maximum Gasteiger partial charge on any atom is 0.301 e. The summed E-state index contributed by atoms with van der Waals surface area (Å²) in [6, 6.07) is 10.2. The van der Waals surface area contributed by atoms with Gasteiger partial charge in [0.25, 0.3) is 0 Å². The lowest BCUT2D eigenvalue weighted by atomic mass is 10.4. The molecule has 0 radical (unpaired) electrons. The molecule has 92 valence electrons. The Balaban J connectivity index is 2.39. The van der Waals surface area contributed by atoms with Gasteiger partial charge in [0.2, 0.25) is 0 Å². The molecule has 7 heteroatoms. The monoisotopic (exact) mass is 325 g/mol. The Bertz CT molecular complexity index is 607. The van der Waals surface area contributed by atoms with Crippen molar-refractivity contribution in [2.45, 2.75) is 9.92 Å². The van der Waals surface area contributed by atoms with Crippen molar-refractivity contribution in [2.24, 2.45) is 0 Å². The summed E-state index contributed by atoms with van der Waals surface area (Å²) in [5, 5.41) is 11.2. The zero-order chi connectivity index (χ0) is 13.1. The highest BCUT2D eigenvalue weighted by Gasteiger charge is 2.16. The molecule has 0 atom stereocenters. The summed E-state index contributed by atoms with van der Waals surface area (Å²) < 4.78 is 0.902. The molecule has 18 heavy (non-hydrogen) atoms. The van der Waals surface area contributed by atoms with Crippen molar-refractivity contribution in [2.75, 3.05) is 5.73 Å². The third-order valence-corrected chi connectivity index (χ3v) is 3.55. The number of anilines is 1. The summed E-state index contributed by atoms with van der Waals surface area (Å²) in [4.78, 5) is 15.3.